The lowest BCUT2D eigenvalue weighted by atomic mass is 10.2. The van der Waals surface area contributed by atoms with E-state index in [0.29, 0.717) is 38.5 Å². The molecule has 2 fully saturated rings. The number of hydrogen-bond acceptors (Lipinski definition) is 5. The van der Waals surface area contributed by atoms with Crippen molar-refractivity contribution in [3.05, 3.63) is 0 Å². The van der Waals surface area contributed by atoms with E-state index < -0.39 is 12.0 Å². The minimum atomic E-state index is -0.864. The Kier molecular flexibility index (Phi) is 5.46. The number of nitrogens with zero attached hydrogens (tertiary/aromatic N) is 3. The van der Waals surface area contributed by atoms with E-state index in [0.717, 1.165) is 5.75 Å². The fourth-order valence-corrected chi connectivity index (χ4v) is 3.71. The molecule has 0 aromatic heterocycles. The molecule has 1 unspecified atom stereocenters. The molecule has 2 aliphatic heterocycles. The van der Waals surface area contributed by atoms with Crippen molar-refractivity contribution in [2.24, 2.45) is 0 Å². The van der Waals surface area contributed by atoms with Crippen LogP contribution in [-0.2, 0) is 14.4 Å². The van der Waals surface area contributed by atoms with Crippen molar-refractivity contribution in [2.75, 3.05) is 50.8 Å². The van der Waals surface area contributed by atoms with Crippen molar-refractivity contribution in [1.82, 2.24) is 14.7 Å². The van der Waals surface area contributed by atoms with Gasteiger partial charge < -0.3 is 14.9 Å². The Balaban J connectivity index is 1.86. The highest BCUT2D eigenvalue weighted by molar-refractivity contribution is 7.99. The molecule has 0 spiro atoms. The Hall–Kier alpha value is -1.28. The van der Waals surface area contributed by atoms with Crippen molar-refractivity contribution in [3.8, 4) is 0 Å². The minimum absolute atomic E-state index is 0.0288. The molecule has 1 N–H and O–H groups in total. The van der Waals surface area contributed by atoms with Crippen LogP contribution in [0, 0.1) is 0 Å². The Bertz CT molecular complexity index is 424. The second kappa shape index (κ2) is 7.13. The second-order valence-corrected chi connectivity index (χ2v) is 6.44. The van der Waals surface area contributed by atoms with Gasteiger partial charge in [0.1, 0.15) is 6.04 Å². The summed E-state index contributed by atoms with van der Waals surface area (Å²) in [4.78, 5) is 40.0. The van der Waals surface area contributed by atoms with Gasteiger partial charge in [-0.1, -0.05) is 0 Å². The van der Waals surface area contributed by atoms with Crippen LogP contribution in [0.25, 0.3) is 0 Å². The first kappa shape index (κ1) is 16.1. The summed E-state index contributed by atoms with van der Waals surface area (Å²) in [5.41, 5.74) is 0. The molecule has 0 aromatic carbocycles. The first-order chi connectivity index (χ1) is 9.99. The second-order valence-electron chi connectivity index (χ2n) is 5.29. The smallest absolute Gasteiger partial charge is 0.321 e. The fraction of sp³-hybridized carbons (Fsp3) is 0.769. The van der Waals surface area contributed by atoms with Gasteiger partial charge in [-0.15, -0.1) is 0 Å². The molecule has 8 heteroatoms. The first-order valence-electron chi connectivity index (χ1n) is 7.07. The lowest BCUT2D eigenvalue weighted by Gasteiger charge is -2.37. The molecule has 2 heterocycles. The fourth-order valence-electron chi connectivity index (χ4n) is 2.60. The largest absolute Gasteiger partial charge is 0.480 e. The van der Waals surface area contributed by atoms with Crippen molar-refractivity contribution >= 4 is 29.5 Å². The summed E-state index contributed by atoms with van der Waals surface area (Å²) in [5.74, 6) is 0.504. The number of carbonyl (C=O) groups is 3. The molecule has 1 atom stereocenters. The van der Waals surface area contributed by atoms with Crippen molar-refractivity contribution < 1.29 is 19.5 Å². The quantitative estimate of drug-likeness (QED) is 0.733. The molecule has 21 heavy (non-hydrogen) atoms. The third-order valence-corrected chi connectivity index (χ3v) is 4.96. The number of rotatable bonds is 3. The average molecular weight is 315 g/mol. The Morgan fingerprint density at radius 2 is 1.71 bits per heavy atom. The molecule has 118 valence electrons. The third kappa shape index (κ3) is 4.10. The highest BCUT2D eigenvalue weighted by Crippen LogP contribution is 2.17. The summed E-state index contributed by atoms with van der Waals surface area (Å²) in [6.45, 7) is 4.47. The van der Waals surface area contributed by atoms with Crippen molar-refractivity contribution in [1.29, 1.82) is 0 Å². The SMILES string of the molecule is CC(=O)N1CCN(C(=O)CN2CCSCC2C(=O)O)CC1. The zero-order chi connectivity index (χ0) is 15.4. The number of carbonyl (C=O) groups excluding carboxylic acids is 2. The topological polar surface area (TPSA) is 81.2 Å². The lowest BCUT2D eigenvalue weighted by Crippen LogP contribution is -2.55. The van der Waals surface area contributed by atoms with Crippen molar-refractivity contribution in [2.45, 2.75) is 13.0 Å². The molecule has 0 saturated carbocycles. The molecule has 2 rings (SSSR count). The number of hydrogen-bond donors (Lipinski definition) is 1. The van der Waals surface area contributed by atoms with Crippen LogP contribution >= 0.6 is 11.8 Å². The number of amides is 2. The van der Waals surface area contributed by atoms with Crippen LogP contribution in [0.3, 0.4) is 0 Å². The molecule has 2 aliphatic rings. The van der Waals surface area contributed by atoms with Gasteiger partial charge in [-0.05, 0) is 0 Å². The van der Waals surface area contributed by atoms with Crippen LogP contribution in [0.4, 0.5) is 0 Å². The summed E-state index contributed by atoms with van der Waals surface area (Å²) in [7, 11) is 0. The lowest BCUT2D eigenvalue weighted by molar-refractivity contribution is -0.145. The maximum Gasteiger partial charge on any atom is 0.321 e. The molecule has 0 bridgehead atoms. The Morgan fingerprint density at radius 1 is 1.10 bits per heavy atom. The van der Waals surface area contributed by atoms with Crippen LogP contribution in [0.2, 0.25) is 0 Å². The summed E-state index contributed by atoms with van der Waals surface area (Å²) >= 11 is 1.61. The molecule has 0 radical (unpaired) electrons. The van der Waals surface area contributed by atoms with Gasteiger partial charge in [-0.25, -0.2) is 0 Å². The van der Waals surface area contributed by atoms with Gasteiger partial charge in [0.25, 0.3) is 0 Å². The van der Waals surface area contributed by atoms with Gasteiger partial charge in [-0.2, -0.15) is 11.8 Å². The average Bonchev–Trinajstić information content (AvgIpc) is 2.47. The third-order valence-electron chi connectivity index (χ3n) is 3.94. The number of piperazine rings is 1. The van der Waals surface area contributed by atoms with Crippen LogP contribution in [-0.4, -0.2) is 94.4 Å². The molecule has 0 aliphatic carbocycles. The zero-order valence-electron chi connectivity index (χ0n) is 12.2. The van der Waals surface area contributed by atoms with Gasteiger partial charge in [0, 0.05) is 51.2 Å². The van der Waals surface area contributed by atoms with E-state index in [1.165, 1.54) is 6.92 Å². The number of carboxylic acids is 1. The van der Waals surface area contributed by atoms with E-state index in [4.69, 9.17) is 0 Å². The first-order valence-corrected chi connectivity index (χ1v) is 8.22. The predicted molar refractivity (Wildman–Crippen MR) is 79.2 cm³/mol. The molecule has 2 amide bonds. The summed E-state index contributed by atoms with van der Waals surface area (Å²) in [6.07, 6.45) is 0. The van der Waals surface area contributed by atoms with E-state index in [1.54, 1.807) is 26.5 Å². The van der Waals surface area contributed by atoms with E-state index in [9.17, 15) is 19.5 Å². The van der Waals surface area contributed by atoms with E-state index in [1.807, 2.05) is 0 Å². The van der Waals surface area contributed by atoms with Crippen LogP contribution < -0.4 is 0 Å². The van der Waals surface area contributed by atoms with Gasteiger partial charge in [-0.3, -0.25) is 19.3 Å². The van der Waals surface area contributed by atoms with Gasteiger partial charge in [0.15, 0.2) is 0 Å². The number of thioether (sulfide) groups is 1. The minimum Gasteiger partial charge on any atom is -0.480 e. The van der Waals surface area contributed by atoms with Crippen molar-refractivity contribution in [3.63, 3.8) is 0 Å². The molecular weight excluding hydrogens is 294 g/mol. The molecule has 7 nitrogen and oxygen atoms in total. The highest BCUT2D eigenvalue weighted by Gasteiger charge is 2.32. The van der Waals surface area contributed by atoms with E-state index >= 15 is 0 Å². The maximum absolute atomic E-state index is 12.3. The summed E-state index contributed by atoms with van der Waals surface area (Å²) in [5, 5.41) is 9.20. The molecule has 2 saturated heterocycles. The molecular formula is C13H21N3O4S. The molecule has 0 aromatic rings. The predicted octanol–water partition coefficient (Wildman–Crippen LogP) is -0.821. The summed E-state index contributed by atoms with van der Waals surface area (Å²) < 4.78 is 0. The summed E-state index contributed by atoms with van der Waals surface area (Å²) in [6, 6.07) is -0.578. The Morgan fingerprint density at radius 3 is 2.29 bits per heavy atom. The van der Waals surface area contributed by atoms with Gasteiger partial charge in [0.05, 0.1) is 6.54 Å². The zero-order valence-corrected chi connectivity index (χ0v) is 13.0. The monoisotopic (exact) mass is 315 g/mol. The van der Waals surface area contributed by atoms with Crippen LogP contribution in [0.5, 0.6) is 0 Å². The Labute approximate surface area is 128 Å². The van der Waals surface area contributed by atoms with E-state index in [2.05, 4.69) is 0 Å². The normalized spacial score (nSPS) is 24.0. The number of aliphatic carboxylic acids is 1. The van der Waals surface area contributed by atoms with Crippen LogP contribution in [0.15, 0.2) is 0 Å². The van der Waals surface area contributed by atoms with Crippen LogP contribution in [0.1, 0.15) is 6.92 Å². The highest BCUT2D eigenvalue weighted by atomic mass is 32.2. The van der Waals surface area contributed by atoms with Gasteiger partial charge in [0.2, 0.25) is 11.8 Å². The van der Waals surface area contributed by atoms with E-state index in [-0.39, 0.29) is 18.4 Å². The van der Waals surface area contributed by atoms with Gasteiger partial charge >= 0.3 is 5.97 Å². The number of carboxylic acid groups (broad SMARTS) is 1. The maximum atomic E-state index is 12.3. The standard InChI is InChI=1S/C13H21N3O4S/c1-10(17)14-2-4-15(5-3-14)12(18)8-16-6-7-21-9-11(16)13(19)20/h11H,2-9H2,1H3,(H,19,20).